The molecule has 0 spiro atoms. The molecule has 2 aromatic carbocycles. The van der Waals surface area contributed by atoms with Crippen molar-refractivity contribution in [2.75, 3.05) is 6.61 Å². The van der Waals surface area contributed by atoms with Gasteiger partial charge in [0, 0.05) is 5.56 Å². The van der Waals surface area contributed by atoms with Crippen LogP contribution in [0.3, 0.4) is 0 Å². The molecule has 0 fully saturated rings. The van der Waals surface area contributed by atoms with E-state index in [1.54, 1.807) is 25.1 Å². The van der Waals surface area contributed by atoms with E-state index in [0.717, 1.165) is 25.7 Å². The summed E-state index contributed by atoms with van der Waals surface area (Å²) in [6.07, 6.45) is 5.35. The second-order valence-corrected chi connectivity index (χ2v) is 7.04. The van der Waals surface area contributed by atoms with Crippen LogP contribution >= 0.6 is 0 Å². The average molecular weight is 413 g/mol. The molecule has 0 saturated heterocycles. The number of hydrogen-bond donors (Lipinski definition) is 0. The quantitative estimate of drug-likeness (QED) is 0.212. The van der Waals surface area contributed by atoms with Crippen LogP contribution in [0.15, 0.2) is 42.5 Å². The standard InChI is InChI=1S/C23H27NO6/c1-3-4-5-6-7-15-29-22(25)18-11-13-19(14-12-18)23(26)30-16-20-10-8-9-17(2)21(20)24(27)28/h8-14H,3-7,15-16H2,1-2H3. The van der Waals surface area contributed by atoms with Gasteiger partial charge in [0.25, 0.3) is 5.69 Å². The van der Waals surface area contributed by atoms with Gasteiger partial charge in [-0.1, -0.05) is 44.7 Å². The second kappa shape index (κ2) is 11.7. The Morgan fingerprint density at radius 3 is 2.10 bits per heavy atom. The van der Waals surface area contributed by atoms with E-state index in [-0.39, 0.29) is 17.9 Å². The molecule has 30 heavy (non-hydrogen) atoms. The molecule has 0 heterocycles. The minimum Gasteiger partial charge on any atom is -0.462 e. The molecule has 0 amide bonds. The number of nitro benzene ring substituents is 1. The number of nitrogens with zero attached hydrogens (tertiary/aromatic N) is 1. The largest absolute Gasteiger partial charge is 0.462 e. The maximum atomic E-state index is 12.3. The number of para-hydroxylation sites is 1. The fourth-order valence-electron chi connectivity index (χ4n) is 3.02. The zero-order valence-electron chi connectivity index (χ0n) is 17.4. The number of carbonyl (C=O) groups excluding carboxylic acids is 2. The highest BCUT2D eigenvalue weighted by atomic mass is 16.6. The van der Waals surface area contributed by atoms with Crippen molar-refractivity contribution in [1.29, 1.82) is 0 Å². The fourth-order valence-corrected chi connectivity index (χ4v) is 3.02. The molecule has 0 N–H and O–H groups in total. The summed E-state index contributed by atoms with van der Waals surface area (Å²) in [4.78, 5) is 35.0. The van der Waals surface area contributed by atoms with Gasteiger partial charge in [-0.05, 0) is 43.7 Å². The first kappa shape index (κ1) is 23.1. The van der Waals surface area contributed by atoms with Crippen LogP contribution in [0.5, 0.6) is 0 Å². The lowest BCUT2D eigenvalue weighted by Gasteiger charge is -2.08. The van der Waals surface area contributed by atoms with Gasteiger partial charge in [-0.2, -0.15) is 0 Å². The Morgan fingerprint density at radius 2 is 1.50 bits per heavy atom. The zero-order valence-corrected chi connectivity index (χ0v) is 17.4. The molecular weight excluding hydrogens is 386 g/mol. The minimum atomic E-state index is -0.623. The number of nitro groups is 1. The van der Waals surface area contributed by atoms with E-state index in [9.17, 15) is 19.7 Å². The van der Waals surface area contributed by atoms with Crippen LogP contribution in [0, 0.1) is 17.0 Å². The summed E-state index contributed by atoms with van der Waals surface area (Å²) in [5.41, 5.74) is 1.38. The van der Waals surface area contributed by atoms with Crippen LogP contribution in [0.2, 0.25) is 0 Å². The van der Waals surface area contributed by atoms with Crippen molar-refractivity contribution < 1.29 is 24.0 Å². The molecule has 0 aliphatic heterocycles. The molecule has 7 heteroatoms. The Hall–Kier alpha value is -3.22. The third-order valence-corrected chi connectivity index (χ3v) is 4.70. The monoisotopic (exact) mass is 413 g/mol. The first-order valence-corrected chi connectivity index (χ1v) is 10.1. The highest BCUT2D eigenvalue weighted by molar-refractivity contribution is 5.93. The summed E-state index contributed by atoms with van der Waals surface area (Å²) >= 11 is 0. The number of rotatable bonds is 11. The third kappa shape index (κ3) is 6.69. The van der Waals surface area contributed by atoms with Crippen molar-refractivity contribution >= 4 is 17.6 Å². The van der Waals surface area contributed by atoms with Crippen LogP contribution in [0.1, 0.15) is 70.9 Å². The molecule has 160 valence electrons. The molecule has 0 radical (unpaired) electrons. The molecule has 0 saturated carbocycles. The number of aryl methyl sites for hydroxylation is 1. The molecule has 2 rings (SSSR count). The van der Waals surface area contributed by atoms with Crippen LogP contribution in [-0.2, 0) is 16.1 Å². The van der Waals surface area contributed by atoms with Gasteiger partial charge in [-0.25, -0.2) is 9.59 Å². The average Bonchev–Trinajstić information content (AvgIpc) is 2.74. The molecular formula is C23H27NO6. The second-order valence-electron chi connectivity index (χ2n) is 7.04. The summed E-state index contributed by atoms with van der Waals surface area (Å²) in [5, 5.41) is 11.2. The Balaban J connectivity index is 1.87. The summed E-state index contributed by atoms with van der Waals surface area (Å²) in [5.74, 6) is -1.05. The molecule has 7 nitrogen and oxygen atoms in total. The lowest BCUT2D eigenvalue weighted by molar-refractivity contribution is -0.386. The smallest absolute Gasteiger partial charge is 0.338 e. The Kier molecular flexibility index (Phi) is 9.00. The van der Waals surface area contributed by atoms with Gasteiger partial charge in [0.1, 0.15) is 6.61 Å². The zero-order chi connectivity index (χ0) is 21.9. The predicted molar refractivity (Wildman–Crippen MR) is 112 cm³/mol. The molecule has 0 atom stereocenters. The normalized spacial score (nSPS) is 10.5. The molecule has 0 aromatic heterocycles. The van der Waals surface area contributed by atoms with Crippen molar-refractivity contribution in [2.45, 2.75) is 52.6 Å². The summed E-state index contributed by atoms with van der Waals surface area (Å²) in [6, 6.07) is 10.8. The van der Waals surface area contributed by atoms with Crippen LogP contribution in [0.25, 0.3) is 0 Å². The van der Waals surface area contributed by atoms with E-state index in [1.807, 2.05) is 0 Å². The van der Waals surface area contributed by atoms with Gasteiger partial charge in [0.15, 0.2) is 0 Å². The number of benzene rings is 2. The van der Waals surface area contributed by atoms with E-state index in [1.165, 1.54) is 30.7 Å². The van der Waals surface area contributed by atoms with Crippen LogP contribution in [-0.4, -0.2) is 23.5 Å². The Morgan fingerprint density at radius 1 is 0.900 bits per heavy atom. The number of hydrogen-bond acceptors (Lipinski definition) is 6. The lowest BCUT2D eigenvalue weighted by atomic mass is 10.1. The van der Waals surface area contributed by atoms with E-state index in [0.29, 0.717) is 23.3 Å². The number of ether oxygens (including phenoxy) is 2. The van der Waals surface area contributed by atoms with Crippen molar-refractivity contribution in [3.8, 4) is 0 Å². The van der Waals surface area contributed by atoms with Crippen molar-refractivity contribution in [3.05, 3.63) is 74.8 Å². The molecule has 0 bridgehead atoms. The maximum absolute atomic E-state index is 12.3. The van der Waals surface area contributed by atoms with Gasteiger partial charge in [0.2, 0.25) is 0 Å². The highest BCUT2D eigenvalue weighted by Gasteiger charge is 2.18. The van der Waals surface area contributed by atoms with E-state index in [4.69, 9.17) is 9.47 Å². The van der Waals surface area contributed by atoms with E-state index in [2.05, 4.69) is 6.92 Å². The van der Waals surface area contributed by atoms with Gasteiger partial charge in [0.05, 0.1) is 28.2 Å². The minimum absolute atomic E-state index is 0.0573. The van der Waals surface area contributed by atoms with E-state index < -0.39 is 16.9 Å². The van der Waals surface area contributed by atoms with Gasteiger partial charge >= 0.3 is 11.9 Å². The maximum Gasteiger partial charge on any atom is 0.338 e. The number of esters is 2. The SMILES string of the molecule is CCCCCCCOC(=O)c1ccc(C(=O)OCc2cccc(C)c2[N+](=O)[O-])cc1. The molecule has 0 unspecified atom stereocenters. The molecule has 0 aliphatic carbocycles. The van der Waals surface area contributed by atoms with Gasteiger partial charge < -0.3 is 9.47 Å². The summed E-state index contributed by atoms with van der Waals surface area (Å²) in [7, 11) is 0. The number of carbonyl (C=O) groups is 2. The lowest BCUT2D eigenvalue weighted by Crippen LogP contribution is -2.09. The van der Waals surface area contributed by atoms with Crippen molar-refractivity contribution in [1.82, 2.24) is 0 Å². The topological polar surface area (TPSA) is 95.7 Å². The summed E-state index contributed by atoms with van der Waals surface area (Å²) < 4.78 is 10.5. The van der Waals surface area contributed by atoms with Gasteiger partial charge in [-0.3, -0.25) is 10.1 Å². The van der Waals surface area contributed by atoms with Crippen molar-refractivity contribution in [3.63, 3.8) is 0 Å². The number of unbranched alkanes of at least 4 members (excludes halogenated alkanes) is 4. The van der Waals surface area contributed by atoms with Crippen molar-refractivity contribution in [2.24, 2.45) is 0 Å². The predicted octanol–water partition coefficient (Wildman–Crippen LogP) is 5.39. The summed E-state index contributed by atoms with van der Waals surface area (Å²) in [6.45, 7) is 3.94. The molecule has 0 aliphatic rings. The van der Waals surface area contributed by atoms with Crippen LogP contribution in [0.4, 0.5) is 5.69 Å². The first-order chi connectivity index (χ1) is 14.4. The fraction of sp³-hybridized carbons (Fsp3) is 0.391. The van der Waals surface area contributed by atoms with Crippen LogP contribution < -0.4 is 0 Å². The Bertz CT molecular complexity index is 876. The third-order valence-electron chi connectivity index (χ3n) is 4.70. The highest BCUT2D eigenvalue weighted by Crippen LogP contribution is 2.24. The van der Waals surface area contributed by atoms with Gasteiger partial charge in [-0.15, -0.1) is 0 Å². The Labute approximate surface area is 176 Å². The molecule has 2 aromatic rings. The van der Waals surface area contributed by atoms with E-state index >= 15 is 0 Å². The first-order valence-electron chi connectivity index (χ1n) is 10.1.